The molecule has 23 heavy (non-hydrogen) atoms. The summed E-state index contributed by atoms with van der Waals surface area (Å²) in [6.07, 6.45) is 1.49. The molecule has 0 radical (unpaired) electrons. The number of hydrogen-bond acceptors (Lipinski definition) is 7. The zero-order valence-corrected chi connectivity index (χ0v) is 13.1. The van der Waals surface area contributed by atoms with E-state index in [0.717, 1.165) is 0 Å². The molecule has 0 bridgehead atoms. The molecule has 2 heterocycles. The lowest BCUT2D eigenvalue weighted by molar-refractivity contribution is -0.113. The number of imidazole rings is 1. The number of benzene rings is 1. The van der Waals surface area contributed by atoms with Crippen molar-refractivity contribution in [3.63, 3.8) is 0 Å². The minimum Gasteiger partial charge on any atom is -0.506 e. The normalized spacial score (nSPS) is 10.8. The van der Waals surface area contributed by atoms with Crippen LogP contribution in [0, 0.1) is 0 Å². The summed E-state index contributed by atoms with van der Waals surface area (Å²) in [7, 11) is 0. The molecule has 1 amide bonds. The van der Waals surface area contributed by atoms with Crippen molar-refractivity contribution < 1.29 is 9.90 Å². The molecule has 0 unspecified atom stereocenters. The van der Waals surface area contributed by atoms with E-state index < -0.39 is 0 Å². The molecular formula is C13H11ClN6O2S. The van der Waals surface area contributed by atoms with Crippen LogP contribution in [0.1, 0.15) is 0 Å². The number of carbonyl (C=O) groups is 1. The predicted octanol–water partition coefficient (Wildman–Crippen LogP) is 2.02. The molecule has 1 aromatic carbocycles. The van der Waals surface area contributed by atoms with Crippen LogP contribution in [0.4, 0.5) is 11.6 Å². The summed E-state index contributed by atoms with van der Waals surface area (Å²) in [6, 6.07) is 4.47. The minimum atomic E-state index is -0.262. The maximum Gasteiger partial charge on any atom is 0.234 e. The number of hydrogen-bond donors (Lipinski definition) is 4. The summed E-state index contributed by atoms with van der Waals surface area (Å²) in [4.78, 5) is 27.0. The number of fused-ring (bicyclic) bond motifs is 1. The van der Waals surface area contributed by atoms with Crippen LogP contribution in [0.25, 0.3) is 11.2 Å². The summed E-state index contributed by atoms with van der Waals surface area (Å²) < 4.78 is 0. The van der Waals surface area contributed by atoms with Crippen LogP contribution in [-0.2, 0) is 4.79 Å². The van der Waals surface area contributed by atoms with Gasteiger partial charge in [-0.1, -0.05) is 23.4 Å². The van der Waals surface area contributed by atoms with E-state index in [4.69, 9.17) is 17.3 Å². The van der Waals surface area contributed by atoms with Crippen LogP contribution in [-0.4, -0.2) is 36.7 Å². The molecule has 3 rings (SSSR count). The molecule has 0 spiro atoms. The van der Waals surface area contributed by atoms with Gasteiger partial charge in [0.25, 0.3) is 0 Å². The number of aromatic hydroxyl groups is 1. The number of carbonyl (C=O) groups excluding carboxylic acids is 1. The molecule has 5 N–H and O–H groups in total. The van der Waals surface area contributed by atoms with Crippen LogP contribution in [0.15, 0.2) is 29.6 Å². The van der Waals surface area contributed by atoms with Gasteiger partial charge in [-0.3, -0.25) is 4.79 Å². The Labute approximate surface area is 139 Å². The third-order valence-electron chi connectivity index (χ3n) is 2.84. The number of halogens is 1. The van der Waals surface area contributed by atoms with Gasteiger partial charge in [-0.25, -0.2) is 9.97 Å². The van der Waals surface area contributed by atoms with Gasteiger partial charge in [0.15, 0.2) is 5.65 Å². The van der Waals surface area contributed by atoms with Crippen LogP contribution in [0.3, 0.4) is 0 Å². The molecule has 0 atom stereocenters. The Morgan fingerprint density at radius 1 is 1.43 bits per heavy atom. The van der Waals surface area contributed by atoms with Crippen LogP contribution >= 0.6 is 23.4 Å². The first-order valence-corrected chi connectivity index (χ1v) is 7.77. The molecule has 0 aliphatic heterocycles. The molecule has 3 aromatic rings. The number of anilines is 2. The van der Waals surface area contributed by atoms with Crippen molar-refractivity contribution in [3.8, 4) is 5.75 Å². The second-order valence-electron chi connectivity index (χ2n) is 4.49. The van der Waals surface area contributed by atoms with Crippen molar-refractivity contribution in [2.24, 2.45) is 0 Å². The van der Waals surface area contributed by atoms with Gasteiger partial charge in [0.05, 0.1) is 17.1 Å². The largest absolute Gasteiger partial charge is 0.506 e. The van der Waals surface area contributed by atoms with E-state index in [2.05, 4.69) is 25.3 Å². The number of phenols is 1. The highest BCUT2D eigenvalue weighted by Crippen LogP contribution is 2.27. The van der Waals surface area contributed by atoms with Gasteiger partial charge in [0, 0.05) is 11.8 Å². The monoisotopic (exact) mass is 350 g/mol. The number of nitrogen functional groups attached to an aromatic ring is 1. The summed E-state index contributed by atoms with van der Waals surface area (Å²) in [5, 5.41) is 12.9. The van der Waals surface area contributed by atoms with E-state index in [1.54, 1.807) is 6.07 Å². The molecular weight excluding hydrogens is 340 g/mol. The summed E-state index contributed by atoms with van der Waals surface area (Å²) in [6.45, 7) is 0. The molecule has 0 saturated carbocycles. The van der Waals surface area contributed by atoms with E-state index in [-0.39, 0.29) is 28.4 Å². The molecule has 0 aliphatic rings. The van der Waals surface area contributed by atoms with Gasteiger partial charge in [0.1, 0.15) is 16.3 Å². The van der Waals surface area contributed by atoms with Crippen molar-refractivity contribution in [1.82, 2.24) is 19.9 Å². The number of thioether (sulfide) groups is 1. The fourth-order valence-electron chi connectivity index (χ4n) is 1.85. The van der Waals surface area contributed by atoms with E-state index in [1.165, 1.54) is 30.2 Å². The lowest BCUT2D eigenvalue weighted by Crippen LogP contribution is -2.14. The van der Waals surface area contributed by atoms with Gasteiger partial charge in [-0.15, -0.1) is 0 Å². The van der Waals surface area contributed by atoms with Crippen LogP contribution in [0.2, 0.25) is 5.02 Å². The van der Waals surface area contributed by atoms with E-state index in [9.17, 15) is 9.90 Å². The predicted molar refractivity (Wildman–Crippen MR) is 88.6 cm³/mol. The smallest absolute Gasteiger partial charge is 0.234 e. The lowest BCUT2D eigenvalue weighted by atomic mass is 10.3. The third kappa shape index (κ3) is 3.46. The lowest BCUT2D eigenvalue weighted by Gasteiger charge is -2.06. The number of aromatic nitrogens is 4. The standard InChI is InChI=1S/C13H11ClN6O2S/c14-7-2-1-6(3-8(7)21)18-9(22)4-23-12-10-11(17-5-16-10)19-13(15)20-12/h1-3,5,21H,4H2,(H,18,22)(H3,15,16,17,19,20). The van der Waals surface area contributed by atoms with E-state index in [1.807, 2.05) is 0 Å². The second kappa shape index (κ2) is 6.31. The van der Waals surface area contributed by atoms with Gasteiger partial charge in [0.2, 0.25) is 11.9 Å². The second-order valence-corrected chi connectivity index (χ2v) is 5.86. The van der Waals surface area contributed by atoms with Crippen LogP contribution < -0.4 is 11.1 Å². The highest BCUT2D eigenvalue weighted by molar-refractivity contribution is 8.00. The highest BCUT2D eigenvalue weighted by Gasteiger charge is 2.12. The fraction of sp³-hybridized carbons (Fsp3) is 0.0769. The maximum atomic E-state index is 12.0. The SMILES string of the molecule is Nc1nc(SCC(=O)Nc2ccc(Cl)c(O)c2)c2[nH]cnc2n1. The topological polar surface area (TPSA) is 130 Å². The highest BCUT2D eigenvalue weighted by atomic mass is 35.5. The number of nitrogens with zero attached hydrogens (tertiary/aromatic N) is 3. The van der Waals surface area contributed by atoms with Gasteiger partial charge in [-0.05, 0) is 12.1 Å². The molecule has 10 heteroatoms. The fourth-order valence-corrected chi connectivity index (χ4v) is 2.76. The number of nitrogens with two attached hydrogens (primary N) is 1. The van der Waals surface area contributed by atoms with E-state index in [0.29, 0.717) is 21.9 Å². The Hall–Kier alpha value is -2.52. The Bertz CT molecular complexity index is 884. The number of aromatic amines is 1. The summed E-state index contributed by atoms with van der Waals surface area (Å²) in [5.41, 5.74) is 7.14. The Balaban J connectivity index is 1.68. The Morgan fingerprint density at radius 3 is 3.04 bits per heavy atom. The van der Waals surface area contributed by atoms with Crippen LogP contribution in [0.5, 0.6) is 5.75 Å². The minimum absolute atomic E-state index is 0.0927. The van der Waals surface area contributed by atoms with Gasteiger partial charge < -0.3 is 21.1 Å². The van der Waals surface area contributed by atoms with Gasteiger partial charge >= 0.3 is 0 Å². The average Bonchev–Trinajstić information content (AvgIpc) is 2.97. The van der Waals surface area contributed by atoms with Crippen molar-refractivity contribution in [3.05, 3.63) is 29.5 Å². The first-order chi connectivity index (χ1) is 11.0. The first-order valence-electron chi connectivity index (χ1n) is 6.40. The quantitative estimate of drug-likeness (QED) is 0.418. The first kappa shape index (κ1) is 15.4. The summed E-state index contributed by atoms with van der Waals surface area (Å²) in [5.74, 6) is -0.162. The number of nitrogens with one attached hydrogen (secondary N) is 2. The zero-order chi connectivity index (χ0) is 16.4. The zero-order valence-electron chi connectivity index (χ0n) is 11.6. The van der Waals surface area contributed by atoms with Crippen molar-refractivity contribution >= 4 is 52.1 Å². The maximum absolute atomic E-state index is 12.0. The molecule has 2 aromatic heterocycles. The molecule has 0 aliphatic carbocycles. The number of rotatable bonds is 4. The van der Waals surface area contributed by atoms with E-state index >= 15 is 0 Å². The molecule has 0 fully saturated rings. The van der Waals surface area contributed by atoms with Gasteiger partial charge in [-0.2, -0.15) is 4.98 Å². The molecule has 118 valence electrons. The number of phenolic OH excluding ortho intramolecular Hbond substituents is 1. The molecule has 0 saturated heterocycles. The van der Waals surface area contributed by atoms with Crippen molar-refractivity contribution in [1.29, 1.82) is 0 Å². The summed E-state index contributed by atoms with van der Waals surface area (Å²) >= 11 is 6.92. The number of amides is 1. The van der Waals surface area contributed by atoms with Crippen molar-refractivity contribution in [2.45, 2.75) is 5.03 Å². The Morgan fingerprint density at radius 2 is 2.26 bits per heavy atom. The number of H-pyrrole nitrogens is 1. The third-order valence-corrected chi connectivity index (χ3v) is 4.13. The van der Waals surface area contributed by atoms with Crippen molar-refractivity contribution in [2.75, 3.05) is 16.8 Å². The average molecular weight is 351 g/mol. The Kier molecular flexibility index (Phi) is 4.22. The molecule has 8 nitrogen and oxygen atoms in total.